The Morgan fingerprint density at radius 3 is 2.84 bits per heavy atom. The normalized spacial score (nSPS) is 29.5. The molecule has 2 rings (SSSR count). The number of likely N-dealkylation sites (N-methyl/N-ethyl adjacent to an activating group) is 1. The lowest BCUT2D eigenvalue weighted by Gasteiger charge is -2.39. The monoisotopic (exact) mass is 269 g/mol. The van der Waals surface area contributed by atoms with Crippen molar-refractivity contribution in [3.8, 4) is 0 Å². The van der Waals surface area contributed by atoms with Crippen LogP contribution in [0.2, 0.25) is 0 Å². The zero-order valence-electron chi connectivity index (χ0n) is 11.7. The van der Waals surface area contributed by atoms with Crippen LogP contribution >= 0.6 is 0 Å². The lowest BCUT2D eigenvalue weighted by atomic mass is 10.1. The van der Waals surface area contributed by atoms with E-state index in [4.69, 9.17) is 4.74 Å². The van der Waals surface area contributed by atoms with Gasteiger partial charge in [-0.3, -0.25) is 14.5 Å². The molecule has 2 fully saturated rings. The van der Waals surface area contributed by atoms with Gasteiger partial charge in [0.2, 0.25) is 11.8 Å². The summed E-state index contributed by atoms with van der Waals surface area (Å²) in [7, 11) is 0. The summed E-state index contributed by atoms with van der Waals surface area (Å²) < 4.78 is 5.72. The van der Waals surface area contributed by atoms with Crippen LogP contribution in [0, 0.1) is 0 Å². The third kappa shape index (κ3) is 3.25. The highest BCUT2D eigenvalue weighted by Crippen LogP contribution is 2.13. The summed E-state index contributed by atoms with van der Waals surface area (Å²) in [5.41, 5.74) is 0. The number of morpholine rings is 1. The van der Waals surface area contributed by atoms with Gasteiger partial charge in [0.15, 0.2) is 0 Å². The van der Waals surface area contributed by atoms with E-state index in [-0.39, 0.29) is 30.5 Å². The number of carbonyl (C=O) groups is 2. The number of nitrogens with zero attached hydrogens (tertiary/aromatic N) is 2. The Morgan fingerprint density at radius 1 is 1.37 bits per heavy atom. The van der Waals surface area contributed by atoms with E-state index in [9.17, 15) is 9.59 Å². The number of carbonyl (C=O) groups excluding carboxylic acids is 2. The molecule has 0 aromatic heterocycles. The first kappa shape index (κ1) is 14.3. The van der Waals surface area contributed by atoms with Crippen molar-refractivity contribution in [1.82, 2.24) is 15.1 Å². The average Bonchev–Trinajstić information content (AvgIpc) is 2.43. The molecule has 108 valence electrons. The molecule has 0 aromatic rings. The summed E-state index contributed by atoms with van der Waals surface area (Å²) in [6, 6.07) is -0.346. The number of rotatable bonds is 4. The van der Waals surface area contributed by atoms with Gasteiger partial charge in [-0.15, -0.1) is 0 Å². The van der Waals surface area contributed by atoms with Gasteiger partial charge in [0.1, 0.15) is 6.04 Å². The zero-order chi connectivity index (χ0) is 13.8. The summed E-state index contributed by atoms with van der Waals surface area (Å²) >= 11 is 0. The fourth-order valence-corrected chi connectivity index (χ4v) is 2.73. The van der Waals surface area contributed by atoms with E-state index >= 15 is 0 Å². The molecular weight excluding hydrogens is 246 g/mol. The van der Waals surface area contributed by atoms with Crippen molar-refractivity contribution in [2.45, 2.75) is 32.4 Å². The SMILES string of the molecule is CCC1C(=O)NCC(=O)N1CC1CN(CC)CCO1. The minimum Gasteiger partial charge on any atom is -0.374 e. The zero-order valence-corrected chi connectivity index (χ0v) is 11.7. The van der Waals surface area contributed by atoms with Gasteiger partial charge < -0.3 is 15.0 Å². The number of nitrogens with one attached hydrogen (secondary N) is 1. The van der Waals surface area contributed by atoms with E-state index in [1.165, 1.54) is 0 Å². The lowest BCUT2D eigenvalue weighted by molar-refractivity contribution is -0.149. The van der Waals surface area contributed by atoms with Gasteiger partial charge in [0.25, 0.3) is 0 Å². The quantitative estimate of drug-likeness (QED) is 0.743. The molecule has 19 heavy (non-hydrogen) atoms. The first-order valence-corrected chi connectivity index (χ1v) is 7.06. The number of piperazine rings is 1. The Bertz CT molecular complexity index is 348. The predicted molar refractivity (Wildman–Crippen MR) is 70.7 cm³/mol. The van der Waals surface area contributed by atoms with Gasteiger partial charge in [-0.25, -0.2) is 0 Å². The molecule has 2 unspecified atom stereocenters. The maximum atomic E-state index is 12.0. The molecule has 0 aromatic carbocycles. The highest BCUT2D eigenvalue weighted by molar-refractivity contribution is 5.94. The van der Waals surface area contributed by atoms with Crippen molar-refractivity contribution in [2.24, 2.45) is 0 Å². The predicted octanol–water partition coefficient (Wildman–Crippen LogP) is -0.556. The Labute approximate surface area is 114 Å². The Morgan fingerprint density at radius 2 is 2.16 bits per heavy atom. The summed E-state index contributed by atoms with van der Waals surface area (Å²) in [5, 5.41) is 2.64. The van der Waals surface area contributed by atoms with Crippen molar-refractivity contribution in [3.05, 3.63) is 0 Å². The maximum Gasteiger partial charge on any atom is 0.243 e. The number of hydrogen-bond acceptors (Lipinski definition) is 4. The minimum atomic E-state index is -0.346. The summed E-state index contributed by atoms with van der Waals surface area (Å²) in [6.45, 7) is 8.14. The molecule has 0 bridgehead atoms. The number of ether oxygens (including phenoxy) is 1. The molecule has 2 saturated heterocycles. The third-order valence-electron chi connectivity index (χ3n) is 3.87. The van der Waals surface area contributed by atoms with Gasteiger partial charge in [-0.1, -0.05) is 13.8 Å². The second kappa shape index (κ2) is 6.34. The van der Waals surface area contributed by atoms with Crippen LogP contribution in [0.25, 0.3) is 0 Å². The van der Waals surface area contributed by atoms with E-state index in [2.05, 4.69) is 17.1 Å². The van der Waals surface area contributed by atoms with Gasteiger partial charge in [-0.2, -0.15) is 0 Å². The first-order valence-electron chi connectivity index (χ1n) is 7.06. The van der Waals surface area contributed by atoms with Crippen LogP contribution in [-0.2, 0) is 14.3 Å². The molecule has 1 N–H and O–H groups in total. The molecule has 2 atom stereocenters. The van der Waals surface area contributed by atoms with Gasteiger partial charge in [0, 0.05) is 19.6 Å². The number of hydrogen-bond donors (Lipinski definition) is 1. The molecule has 2 heterocycles. The molecule has 0 radical (unpaired) electrons. The Kier molecular flexibility index (Phi) is 4.76. The molecule has 6 heteroatoms. The minimum absolute atomic E-state index is 0.0105. The van der Waals surface area contributed by atoms with Gasteiger partial charge in [0.05, 0.1) is 19.3 Å². The second-order valence-electron chi connectivity index (χ2n) is 5.07. The van der Waals surface area contributed by atoms with Crippen molar-refractivity contribution < 1.29 is 14.3 Å². The van der Waals surface area contributed by atoms with Crippen molar-refractivity contribution >= 4 is 11.8 Å². The van der Waals surface area contributed by atoms with Crippen LogP contribution in [0.1, 0.15) is 20.3 Å². The highest BCUT2D eigenvalue weighted by Gasteiger charge is 2.35. The van der Waals surface area contributed by atoms with Crippen LogP contribution < -0.4 is 5.32 Å². The van der Waals surface area contributed by atoms with Crippen LogP contribution in [0.4, 0.5) is 0 Å². The van der Waals surface area contributed by atoms with Crippen LogP contribution in [-0.4, -0.2) is 73.1 Å². The van der Waals surface area contributed by atoms with Crippen LogP contribution in [0.15, 0.2) is 0 Å². The summed E-state index contributed by atoms with van der Waals surface area (Å²) in [6.07, 6.45) is 0.652. The Balaban J connectivity index is 1.98. The standard InChI is InChI=1S/C13H23N3O3/c1-3-11-13(18)14-7-12(17)16(11)9-10-8-15(4-2)5-6-19-10/h10-11H,3-9H2,1-2H3,(H,14,18). The average molecular weight is 269 g/mol. The fraction of sp³-hybridized carbons (Fsp3) is 0.846. The summed E-state index contributed by atoms with van der Waals surface area (Å²) in [5.74, 6) is -0.0612. The molecule has 0 aliphatic carbocycles. The van der Waals surface area contributed by atoms with Crippen LogP contribution in [0.3, 0.4) is 0 Å². The maximum absolute atomic E-state index is 12.0. The number of amides is 2. The fourth-order valence-electron chi connectivity index (χ4n) is 2.73. The van der Waals surface area contributed by atoms with Crippen LogP contribution in [0.5, 0.6) is 0 Å². The lowest BCUT2D eigenvalue weighted by Crippen LogP contribution is -2.61. The molecular formula is C13H23N3O3. The molecule has 2 aliphatic rings. The van der Waals surface area contributed by atoms with E-state index < -0.39 is 0 Å². The van der Waals surface area contributed by atoms with E-state index in [1.807, 2.05) is 6.92 Å². The topological polar surface area (TPSA) is 61.9 Å². The highest BCUT2D eigenvalue weighted by atomic mass is 16.5. The van der Waals surface area contributed by atoms with Crippen molar-refractivity contribution in [2.75, 3.05) is 39.3 Å². The molecule has 6 nitrogen and oxygen atoms in total. The van der Waals surface area contributed by atoms with E-state index in [1.54, 1.807) is 4.90 Å². The van der Waals surface area contributed by atoms with E-state index in [0.717, 1.165) is 19.6 Å². The summed E-state index contributed by atoms with van der Waals surface area (Å²) in [4.78, 5) is 27.8. The van der Waals surface area contributed by atoms with Crippen molar-refractivity contribution in [3.63, 3.8) is 0 Å². The Hall–Kier alpha value is -1.14. The first-order chi connectivity index (χ1) is 9.15. The van der Waals surface area contributed by atoms with E-state index in [0.29, 0.717) is 19.6 Å². The third-order valence-corrected chi connectivity index (χ3v) is 3.87. The molecule has 0 saturated carbocycles. The van der Waals surface area contributed by atoms with Gasteiger partial charge in [-0.05, 0) is 13.0 Å². The molecule has 2 amide bonds. The van der Waals surface area contributed by atoms with Crippen molar-refractivity contribution in [1.29, 1.82) is 0 Å². The smallest absolute Gasteiger partial charge is 0.243 e. The largest absolute Gasteiger partial charge is 0.374 e. The second-order valence-corrected chi connectivity index (χ2v) is 5.07. The van der Waals surface area contributed by atoms with Gasteiger partial charge >= 0.3 is 0 Å². The molecule has 2 aliphatic heterocycles. The molecule has 0 spiro atoms.